The van der Waals surface area contributed by atoms with Crippen molar-refractivity contribution in [3.05, 3.63) is 64.2 Å². The number of ether oxygens (including phenoxy) is 1. The van der Waals surface area contributed by atoms with Gasteiger partial charge in [0.05, 0.1) is 12.1 Å². The van der Waals surface area contributed by atoms with Gasteiger partial charge in [0.25, 0.3) is 0 Å². The number of benzene rings is 2. The van der Waals surface area contributed by atoms with Crippen LogP contribution in [0.15, 0.2) is 42.5 Å². The zero-order valence-corrected chi connectivity index (χ0v) is 13.2. The molecule has 21 heavy (non-hydrogen) atoms. The Hall–Kier alpha value is -1.51. The highest BCUT2D eigenvalue weighted by Gasteiger charge is 2.26. The summed E-state index contributed by atoms with van der Waals surface area (Å²) < 4.78 is 5.39. The van der Waals surface area contributed by atoms with Crippen LogP contribution in [0.3, 0.4) is 0 Å². The van der Waals surface area contributed by atoms with Crippen LogP contribution in [0.1, 0.15) is 22.7 Å². The molecule has 2 aromatic rings. The van der Waals surface area contributed by atoms with Gasteiger partial charge in [-0.15, -0.1) is 0 Å². The summed E-state index contributed by atoms with van der Waals surface area (Å²) in [5, 5.41) is 0.708. The fraction of sp³-hybridized carbons (Fsp3) is 0.333. The van der Waals surface area contributed by atoms with Gasteiger partial charge in [0.1, 0.15) is 5.75 Å². The van der Waals surface area contributed by atoms with E-state index in [0.717, 1.165) is 25.1 Å². The number of halogens is 1. The van der Waals surface area contributed by atoms with Crippen LogP contribution < -0.4 is 4.74 Å². The Labute approximate surface area is 131 Å². The van der Waals surface area contributed by atoms with Crippen molar-refractivity contribution in [2.75, 3.05) is 20.7 Å². The van der Waals surface area contributed by atoms with Gasteiger partial charge >= 0.3 is 0 Å². The molecule has 0 spiro atoms. The maximum absolute atomic E-state index is 6.27. The van der Waals surface area contributed by atoms with Crippen molar-refractivity contribution in [3.63, 3.8) is 0 Å². The van der Waals surface area contributed by atoms with Gasteiger partial charge in [0.2, 0.25) is 0 Å². The van der Waals surface area contributed by atoms with Gasteiger partial charge in [-0.1, -0.05) is 41.9 Å². The average Bonchev–Trinajstić information content (AvgIpc) is 2.51. The highest BCUT2D eigenvalue weighted by atomic mass is 35.5. The molecule has 3 heteroatoms. The zero-order chi connectivity index (χ0) is 14.8. The van der Waals surface area contributed by atoms with Gasteiger partial charge in [-0.2, -0.15) is 0 Å². The Bertz CT molecular complexity index is 627. The largest absolute Gasteiger partial charge is 0.495 e. The number of rotatable bonds is 3. The number of fused-ring (bicyclic) bond motifs is 1. The minimum absolute atomic E-state index is 0.377. The van der Waals surface area contributed by atoms with Gasteiger partial charge < -0.3 is 4.74 Å². The first-order chi connectivity index (χ1) is 10.2. The number of nitrogens with zero attached hydrogens (tertiary/aromatic N) is 1. The normalized spacial score (nSPS) is 18.3. The van der Waals surface area contributed by atoms with Crippen LogP contribution in [0.2, 0.25) is 5.02 Å². The molecule has 0 saturated heterocycles. The molecule has 2 nitrogen and oxygen atoms in total. The smallest absolute Gasteiger partial charge is 0.137 e. The zero-order valence-electron chi connectivity index (χ0n) is 12.5. The van der Waals surface area contributed by atoms with Crippen molar-refractivity contribution in [2.45, 2.75) is 18.9 Å². The van der Waals surface area contributed by atoms with E-state index in [4.69, 9.17) is 16.3 Å². The lowest BCUT2D eigenvalue weighted by molar-refractivity contribution is 0.229. The van der Waals surface area contributed by atoms with Gasteiger partial charge in [-0.05, 0) is 48.7 Å². The number of hydrogen-bond acceptors (Lipinski definition) is 2. The molecule has 0 N–H and O–H groups in total. The second-order valence-electron chi connectivity index (χ2n) is 5.62. The van der Waals surface area contributed by atoms with Crippen LogP contribution in [-0.2, 0) is 12.8 Å². The summed E-state index contributed by atoms with van der Waals surface area (Å²) in [7, 11) is 3.87. The van der Waals surface area contributed by atoms with Crippen molar-refractivity contribution in [3.8, 4) is 5.75 Å². The van der Waals surface area contributed by atoms with E-state index in [1.807, 2.05) is 0 Å². The number of methoxy groups -OCH3 is 1. The van der Waals surface area contributed by atoms with Gasteiger partial charge in [-0.3, -0.25) is 4.90 Å². The SMILES string of the molecule is COc1cc2c(cc1Cl)CCN(C)C2Cc1ccccc1. The van der Waals surface area contributed by atoms with E-state index in [2.05, 4.69) is 54.4 Å². The van der Waals surface area contributed by atoms with Crippen molar-refractivity contribution >= 4 is 11.6 Å². The minimum Gasteiger partial charge on any atom is -0.495 e. The van der Waals surface area contributed by atoms with E-state index in [1.165, 1.54) is 16.7 Å². The molecule has 1 aliphatic heterocycles. The molecule has 1 heterocycles. The molecule has 110 valence electrons. The van der Waals surface area contributed by atoms with Crippen molar-refractivity contribution in [1.29, 1.82) is 0 Å². The average molecular weight is 302 g/mol. The van der Waals surface area contributed by atoms with Crippen molar-refractivity contribution in [2.24, 2.45) is 0 Å². The molecule has 0 radical (unpaired) electrons. The van der Waals surface area contributed by atoms with E-state index in [1.54, 1.807) is 7.11 Å². The molecule has 0 bridgehead atoms. The summed E-state index contributed by atoms with van der Waals surface area (Å²) in [6.45, 7) is 1.06. The summed E-state index contributed by atoms with van der Waals surface area (Å²) in [4.78, 5) is 2.42. The molecule has 0 aromatic heterocycles. The molecule has 0 amide bonds. The van der Waals surface area contributed by atoms with Gasteiger partial charge in [0.15, 0.2) is 0 Å². The van der Waals surface area contributed by atoms with Crippen LogP contribution in [0.25, 0.3) is 0 Å². The fourth-order valence-electron chi connectivity index (χ4n) is 3.09. The van der Waals surface area contributed by atoms with E-state index in [-0.39, 0.29) is 0 Å². The third kappa shape index (κ3) is 2.92. The predicted octanol–water partition coefficient (Wildman–Crippen LogP) is 4.12. The molecule has 1 aliphatic rings. The Morgan fingerprint density at radius 1 is 1.24 bits per heavy atom. The molecule has 0 aliphatic carbocycles. The summed E-state index contributed by atoms with van der Waals surface area (Å²) in [5.41, 5.74) is 4.05. The topological polar surface area (TPSA) is 12.5 Å². The van der Waals surface area contributed by atoms with E-state index in [0.29, 0.717) is 11.1 Å². The summed E-state index contributed by atoms with van der Waals surface area (Å²) >= 11 is 6.27. The molecule has 0 fully saturated rings. The lowest BCUT2D eigenvalue weighted by atomic mass is 9.89. The van der Waals surface area contributed by atoms with Gasteiger partial charge in [0, 0.05) is 12.6 Å². The van der Waals surface area contributed by atoms with Crippen molar-refractivity contribution in [1.82, 2.24) is 4.90 Å². The summed E-state index contributed by atoms with van der Waals surface area (Å²) in [5.74, 6) is 0.767. The van der Waals surface area contributed by atoms with Crippen LogP contribution >= 0.6 is 11.6 Å². The minimum atomic E-state index is 0.377. The fourth-order valence-corrected chi connectivity index (χ4v) is 3.35. The first-order valence-electron chi connectivity index (χ1n) is 7.29. The first kappa shape index (κ1) is 14.4. The van der Waals surface area contributed by atoms with Gasteiger partial charge in [-0.25, -0.2) is 0 Å². The van der Waals surface area contributed by atoms with Crippen molar-refractivity contribution < 1.29 is 4.74 Å². The molecule has 1 unspecified atom stereocenters. The Kier molecular flexibility index (Phi) is 4.18. The van der Waals surface area contributed by atoms with Crippen LogP contribution in [0.5, 0.6) is 5.75 Å². The van der Waals surface area contributed by atoms with Crippen LogP contribution in [0, 0.1) is 0 Å². The maximum atomic E-state index is 6.27. The molecular weight excluding hydrogens is 282 g/mol. The van der Waals surface area contributed by atoms with Crippen LogP contribution in [-0.4, -0.2) is 25.6 Å². The molecule has 2 aromatic carbocycles. The van der Waals surface area contributed by atoms with Crippen LogP contribution in [0.4, 0.5) is 0 Å². The number of hydrogen-bond donors (Lipinski definition) is 0. The summed E-state index contributed by atoms with van der Waals surface area (Å²) in [6, 6.07) is 15.2. The second-order valence-corrected chi connectivity index (χ2v) is 6.03. The quantitative estimate of drug-likeness (QED) is 0.845. The highest BCUT2D eigenvalue weighted by Crippen LogP contribution is 2.37. The molecule has 1 atom stereocenters. The summed E-state index contributed by atoms with van der Waals surface area (Å²) in [6.07, 6.45) is 2.05. The lowest BCUT2D eigenvalue weighted by Crippen LogP contribution is -2.33. The first-order valence-corrected chi connectivity index (χ1v) is 7.67. The highest BCUT2D eigenvalue weighted by molar-refractivity contribution is 6.32. The monoisotopic (exact) mass is 301 g/mol. The van der Waals surface area contributed by atoms with E-state index < -0.39 is 0 Å². The molecule has 0 saturated carbocycles. The third-order valence-electron chi connectivity index (χ3n) is 4.31. The number of likely N-dealkylation sites (N-methyl/N-ethyl adjacent to an activating group) is 1. The lowest BCUT2D eigenvalue weighted by Gasteiger charge is -2.35. The third-order valence-corrected chi connectivity index (χ3v) is 4.61. The Morgan fingerprint density at radius 2 is 2.00 bits per heavy atom. The molecule has 3 rings (SSSR count). The standard InChI is InChI=1S/C18H20ClNO/c1-20-9-8-14-11-16(19)18(21-2)12-15(14)17(20)10-13-6-4-3-5-7-13/h3-7,11-12,17H,8-10H2,1-2H3. The van der Waals surface area contributed by atoms with E-state index in [9.17, 15) is 0 Å². The maximum Gasteiger partial charge on any atom is 0.137 e. The Balaban J connectivity index is 1.98. The second kappa shape index (κ2) is 6.08. The molecular formula is C18H20ClNO. The Morgan fingerprint density at radius 3 is 2.71 bits per heavy atom. The predicted molar refractivity (Wildman–Crippen MR) is 87.2 cm³/mol. The van der Waals surface area contributed by atoms with E-state index >= 15 is 0 Å².